The number of benzene rings is 2. The Labute approximate surface area is 273 Å². The zero-order valence-corrected chi connectivity index (χ0v) is 29.5. The average molecular weight is 704 g/mol. The van der Waals surface area contributed by atoms with E-state index >= 15 is 0 Å². The number of carbonyl (C=O) groups excluding carboxylic acids is 1. The van der Waals surface area contributed by atoms with Crippen LogP contribution < -0.4 is 14.2 Å². The lowest BCUT2D eigenvalue weighted by atomic mass is 9.68. The van der Waals surface area contributed by atoms with Gasteiger partial charge in [0.05, 0.1) is 44.5 Å². The molecular weight excluding hydrogens is 653 g/mol. The van der Waals surface area contributed by atoms with Gasteiger partial charge in [-0.3, -0.25) is 4.79 Å². The lowest BCUT2D eigenvalue weighted by molar-refractivity contribution is -0.158. The van der Waals surface area contributed by atoms with E-state index in [2.05, 4.69) is 63.3 Å². The van der Waals surface area contributed by atoms with Crippen LogP contribution in [0.25, 0.3) is 11.6 Å². The Bertz CT molecular complexity index is 1230. The maximum absolute atomic E-state index is 13.0. The highest BCUT2D eigenvalue weighted by molar-refractivity contribution is 14.1. The summed E-state index contributed by atoms with van der Waals surface area (Å²) in [6.07, 6.45) is 8.89. The molecule has 0 aliphatic heterocycles. The molecule has 7 heteroatoms. The van der Waals surface area contributed by atoms with Crippen LogP contribution in [-0.4, -0.2) is 36.8 Å². The molecule has 43 heavy (non-hydrogen) atoms. The largest absolute Gasteiger partial charge is 0.494 e. The first-order valence-electron chi connectivity index (χ1n) is 15.2. The van der Waals surface area contributed by atoms with Gasteiger partial charge in [-0.25, -0.2) is 0 Å². The third-order valence-corrected chi connectivity index (χ3v) is 8.88. The van der Waals surface area contributed by atoms with Crippen LogP contribution in [0.4, 0.5) is 0 Å². The molecule has 0 fully saturated rings. The van der Waals surface area contributed by atoms with Gasteiger partial charge < -0.3 is 18.9 Å². The zero-order chi connectivity index (χ0) is 32.1. The van der Waals surface area contributed by atoms with Crippen LogP contribution >= 0.6 is 22.6 Å². The van der Waals surface area contributed by atoms with Crippen molar-refractivity contribution in [1.82, 2.24) is 0 Å². The van der Waals surface area contributed by atoms with Crippen LogP contribution in [-0.2, 0) is 9.53 Å². The number of halogens is 1. The summed E-state index contributed by atoms with van der Waals surface area (Å²) in [5.41, 5.74) is 1.77. The van der Waals surface area contributed by atoms with Gasteiger partial charge in [0.25, 0.3) is 0 Å². The Balaban J connectivity index is 1.69. The first-order chi connectivity index (χ1) is 20.2. The van der Waals surface area contributed by atoms with Gasteiger partial charge in [0.15, 0.2) is 11.5 Å². The molecule has 2 rings (SSSR count). The van der Waals surface area contributed by atoms with Gasteiger partial charge in [-0.15, -0.1) is 0 Å². The molecule has 0 amide bonds. The van der Waals surface area contributed by atoms with Crippen molar-refractivity contribution >= 4 is 40.2 Å². The number of hydrogen-bond donors (Lipinski definition) is 0. The van der Waals surface area contributed by atoms with Crippen LogP contribution in [0.5, 0.6) is 17.2 Å². The number of methoxy groups -OCH3 is 2. The van der Waals surface area contributed by atoms with Crippen LogP contribution in [0.2, 0.25) is 0 Å². The minimum atomic E-state index is -0.521. The van der Waals surface area contributed by atoms with Crippen molar-refractivity contribution in [2.24, 2.45) is 10.8 Å². The van der Waals surface area contributed by atoms with Crippen molar-refractivity contribution in [3.8, 4) is 23.3 Å². The molecule has 0 saturated carbocycles. The smallest absolute Gasteiger partial charge is 0.313 e. The maximum Gasteiger partial charge on any atom is 0.313 e. The molecule has 0 spiro atoms. The second-order valence-corrected chi connectivity index (χ2v) is 15.7. The minimum absolute atomic E-state index is 0.0511. The van der Waals surface area contributed by atoms with E-state index in [0.29, 0.717) is 30.3 Å². The van der Waals surface area contributed by atoms with Crippen LogP contribution in [0.15, 0.2) is 42.5 Å². The van der Waals surface area contributed by atoms with Gasteiger partial charge in [-0.1, -0.05) is 75.1 Å². The Morgan fingerprint density at radius 1 is 0.837 bits per heavy atom. The third kappa shape index (κ3) is 11.7. The van der Waals surface area contributed by atoms with E-state index in [9.17, 15) is 10.1 Å². The number of nitriles is 1. The standard InChI is InChI=1S/C36H50INO5/c1-34(2,3)26-36(6,35(4,5)37)33(39)43-22-14-12-10-9-11-13-21-42-30-18-16-28(17-19-30)29(25-38)23-27-15-20-31(40-7)32(24-27)41-8/h15-20,23-24H,9-14,21-22,26H2,1-8H3/b29-23+. The fourth-order valence-corrected chi connectivity index (χ4v) is 5.44. The number of carbonyl (C=O) groups is 1. The number of unbranched alkanes of at least 4 members (excludes halogenated alkanes) is 5. The van der Waals surface area contributed by atoms with Gasteiger partial charge in [-0.2, -0.15) is 5.26 Å². The van der Waals surface area contributed by atoms with Crippen molar-refractivity contribution in [2.75, 3.05) is 27.4 Å². The highest BCUT2D eigenvalue weighted by Gasteiger charge is 2.49. The summed E-state index contributed by atoms with van der Waals surface area (Å²) in [6, 6.07) is 15.5. The molecule has 0 aliphatic carbocycles. The fourth-order valence-electron chi connectivity index (χ4n) is 5.03. The molecule has 0 saturated heterocycles. The number of rotatable bonds is 17. The van der Waals surface area contributed by atoms with Crippen LogP contribution in [0.1, 0.15) is 97.6 Å². The molecule has 0 radical (unpaired) electrons. The maximum atomic E-state index is 13.0. The predicted molar refractivity (Wildman–Crippen MR) is 184 cm³/mol. The van der Waals surface area contributed by atoms with E-state index in [1.54, 1.807) is 14.2 Å². The first-order valence-corrected chi connectivity index (χ1v) is 16.2. The Hall–Kier alpha value is -2.73. The number of nitrogens with zero attached hydrogens (tertiary/aromatic N) is 1. The molecular formula is C36H50INO5. The molecule has 0 N–H and O–H groups in total. The third-order valence-electron chi connectivity index (χ3n) is 7.69. The zero-order valence-electron chi connectivity index (χ0n) is 27.3. The average Bonchev–Trinajstić information content (AvgIpc) is 2.95. The van der Waals surface area contributed by atoms with E-state index in [0.717, 1.165) is 61.8 Å². The lowest BCUT2D eigenvalue weighted by Crippen LogP contribution is -2.46. The van der Waals surface area contributed by atoms with Crippen LogP contribution in [0.3, 0.4) is 0 Å². The highest BCUT2D eigenvalue weighted by atomic mass is 127. The number of allylic oxidation sites excluding steroid dienone is 1. The van der Waals surface area contributed by atoms with E-state index in [1.165, 1.54) is 0 Å². The van der Waals surface area contributed by atoms with Crippen molar-refractivity contribution in [3.63, 3.8) is 0 Å². The number of hydrogen-bond acceptors (Lipinski definition) is 6. The summed E-state index contributed by atoms with van der Waals surface area (Å²) >= 11 is 2.39. The minimum Gasteiger partial charge on any atom is -0.494 e. The van der Waals surface area contributed by atoms with Gasteiger partial charge >= 0.3 is 5.97 Å². The lowest BCUT2D eigenvalue weighted by Gasteiger charge is -2.42. The van der Waals surface area contributed by atoms with Gasteiger partial charge in [-0.05, 0) is 99.0 Å². The molecule has 6 nitrogen and oxygen atoms in total. The topological polar surface area (TPSA) is 77.8 Å². The fraction of sp³-hybridized carbons (Fsp3) is 0.556. The summed E-state index contributed by atoms with van der Waals surface area (Å²) in [4.78, 5) is 13.0. The number of alkyl halides is 1. The number of esters is 1. The van der Waals surface area contributed by atoms with Crippen molar-refractivity contribution in [1.29, 1.82) is 5.26 Å². The van der Waals surface area contributed by atoms with E-state index in [4.69, 9.17) is 18.9 Å². The molecule has 1 unspecified atom stereocenters. The normalized spacial score (nSPS) is 13.5. The summed E-state index contributed by atoms with van der Waals surface area (Å²) in [6.45, 7) is 13.9. The summed E-state index contributed by atoms with van der Waals surface area (Å²) < 4.78 is 22.1. The van der Waals surface area contributed by atoms with Crippen molar-refractivity contribution in [3.05, 3.63) is 53.6 Å². The van der Waals surface area contributed by atoms with Crippen molar-refractivity contribution < 1.29 is 23.7 Å². The van der Waals surface area contributed by atoms with Gasteiger partial charge in [0.1, 0.15) is 5.75 Å². The van der Waals surface area contributed by atoms with E-state index in [1.807, 2.05) is 55.5 Å². The van der Waals surface area contributed by atoms with Crippen LogP contribution in [0, 0.1) is 22.2 Å². The highest BCUT2D eigenvalue weighted by Crippen LogP contribution is 2.47. The van der Waals surface area contributed by atoms with E-state index < -0.39 is 5.41 Å². The molecule has 2 aromatic rings. The quantitative estimate of drug-likeness (QED) is 0.0408. The van der Waals surface area contributed by atoms with E-state index in [-0.39, 0.29) is 14.8 Å². The molecule has 236 valence electrons. The summed E-state index contributed by atoms with van der Waals surface area (Å²) in [5.74, 6) is 1.98. The second kappa shape index (κ2) is 16.9. The monoisotopic (exact) mass is 703 g/mol. The molecule has 0 bridgehead atoms. The summed E-state index contributed by atoms with van der Waals surface area (Å²) in [7, 11) is 3.19. The van der Waals surface area contributed by atoms with Crippen molar-refractivity contribution in [2.45, 2.75) is 89.9 Å². The SMILES string of the molecule is COc1ccc(/C=C(\C#N)c2ccc(OCCCCCCCCOC(=O)C(C)(CC(C)(C)C)C(C)(C)I)cc2)cc1OC. The second-order valence-electron chi connectivity index (χ2n) is 13.0. The number of ether oxygens (including phenoxy) is 4. The molecule has 2 aromatic carbocycles. The van der Waals surface area contributed by atoms with Gasteiger partial charge in [0.2, 0.25) is 0 Å². The Morgan fingerprint density at radius 3 is 1.95 bits per heavy atom. The first kappa shape index (κ1) is 36.5. The molecule has 0 aromatic heterocycles. The molecule has 1 atom stereocenters. The molecule has 0 heterocycles. The molecule has 0 aliphatic rings. The Kier molecular flexibility index (Phi) is 14.4. The summed E-state index contributed by atoms with van der Waals surface area (Å²) in [5, 5.41) is 9.72. The Morgan fingerprint density at radius 2 is 1.42 bits per heavy atom. The predicted octanol–water partition coefficient (Wildman–Crippen LogP) is 9.69. The van der Waals surface area contributed by atoms with Gasteiger partial charge in [0, 0.05) is 3.42 Å².